The fraction of sp³-hybridized carbons (Fsp3) is 0.235. The topological polar surface area (TPSA) is 46.3 Å². The summed E-state index contributed by atoms with van der Waals surface area (Å²) in [5.74, 6) is 0.109. The Hall–Kier alpha value is -2.00. The van der Waals surface area contributed by atoms with Gasteiger partial charge in [-0.3, -0.25) is 4.79 Å². The second-order valence-corrected chi connectivity index (χ2v) is 5.56. The molecule has 2 aromatic carbocycles. The normalized spacial score (nSPS) is 10.4. The Labute approximate surface area is 130 Å². The lowest BCUT2D eigenvalue weighted by atomic mass is 10.1. The van der Waals surface area contributed by atoms with Crippen molar-refractivity contribution in [2.75, 3.05) is 12.8 Å². The Kier molecular flexibility index (Phi) is 5.23. The van der Waals surface area contributed by atoms with Gasteiger partial charge in [-0.25, -0.2) is 0 Å². The van der Waals surface area contributed by atoms with Gasteiger partial charge < -0.3 is 10.6 Å². The van der Waals surface area contributed by atoms with Crippen LogP contribution in [0, 0.1) is 0 Å². The third-order valence-corrected chi connectivity index (χ3v) is 3.55. The lowest BCUT2D eigenvalue weighted by Crippen LogP contribution is -2.26. The number of nitrogens with zero attached hydrogens (tertiary/aromatic N) is 1. The maximum atomic E-state index is 12.2. The van der Waals surface area contributed by atoms with Crippen molar-refractivity contribution in [3.63, 3.8) is 0 Å². The Bertz CT molecular complexity index is 628. The number of nitrogen functional groups attached to an aromatic ring is 1. The van der Waals surface area contributed by atoms with E-state index in [9.17, 15) is 4.79 Å². The van der Waals surface area contributed by atoms with Crippen LogP contribution in [0.25, 0.3) is 0 Å². The van der Waals surface area contributed by atoms with Crippen molar-refractivity contribution >= 4 is 23.2 Å². The maximum Gasteiger partial charge on any atom is 0.222 e. The Morgan fingerprint density at radius 3 is 2.57 bits per heavy atom. The van der Waals surface area contributed by atoms with Gasteiger partial charge in [0.05, 0.1) is 0 Å². The number of halogens is 1. The zero-order valence-corrected chi connectivity index (χ0v) is 12.8. The molecule has 0 aromatic heterocycles. The smallest absolute Gasteiger partial charge is 0.222 e. The van der Waals surface area contributed by atoms with Crippen LogP contribution in [0.1, 0.15) is 17.5 Å². The van der Waals surface area contributed by atoms with Gasteiger partial charge in [0.15, 0.2) is 0 Å². The average molecular weight is 303 g/mol. The van der Waals surface area contributed by atoms with E-state index in [-0.39, 0.29) is 5.91 Å². The zero-order chi connectivity index (χ0) is 15.2. The highest BCUT2D eigenvalue weighted by Gasteiger charge is 2.09. The molecule has 0 spiro atoms. The first-order valence-corrected chi connectivity index (χ1v) is 7.25. The van der Waals surface area contributed by atoms with Crippen LogP contribution in [0.3, 0.4) is 0 Å². The molecule has 0 atom stereocenters. The summed E-state index contributed by atoms with van der Waals surface area (Å²) in [7, 11) is 1.81. The van der Waals surface area contributed by atoms with Crippen molar-refractivity contribution in [1.29, 1.82) is 0 Å². The SMILES string of the molecule is CN(Cc1cccc(Cl)c1)C(=O)CCc1cccc(N)c1. The van der Waals surface area contributed by atoms with Crippen LogP contribution in [-0.2, 0) is 17.8 Å². The molecule has 4 heteroatoms. The summed E-state index contributed by atoms with van der Waals surface area (Å²) in [5.41, 5.74) is 8.57. The Morgan fingerprint density at radius 1 is 1.14 bits per heavy atom. The van der Waals surface area contributed by atoms with Crippen molar-refractivity contribution in [1.82, 2.24) is 4.90 Å². The van der Waals surface area contributed by atoms with Crippen molar-refractivity contribution in [3.05, 3.63) is 64.7 Å². The predicted octanol–water partition coefficient (Wildman–Crippen LogP) is 3.51. The van der Waals surface area contributed by atoms with Crippen molar-refractivity contribution < 1.29 is 4.79 Å². The highest BCUT2D eigenvalue weighted by atomic mass is 35.5. The van der Waals surface area contributed by atoms with Crippen molar-refractivity contribution in [2.45, 2.75) is 19.4 Å². The van der Waals surface area contributed by atoms with Crippen LogP contribution in [0.4, 0.5) is 5.69 Å². The molecule has 0 fully saturated rings. The fourth-order valence-electron chi connectivity index (χ4n) is 2.19. The number of amides is 1. The summed E-state index contributed by atoms with van der Waals surface area (Å²) in [6, 6.07) is 15.2. The summed E-state index contributed by atoms with van der Waals surface area (Å²) in [6.45, 7) is 0.566. The van der Waals surface area contributed by atoms with Crippen molar-refractivity contribution in [3.8, 4) is 0 Å². The van der Waals surface area contributed by atoms with Crippen LogP contribution >= 0.6 is 11.6 Å². The van der Waals surface area contributed by atoms with Crippen molar-refractivity contribution in [2.24, 2.45) is 0 Å². The van der Waals surface area contributed by atoms with Crippen LogP contribution in [0.15, 0.2) is 48.5 Å². The van der Waals surface area contributed by atoms with E-state index in [1.807, 2.05) is 55.6 Å². The van der Waals surface area contributed by atoms with E-state index in [1.54, 1.807) is 4.90 Å². The summed E-state index contributed by atoms with van der Waals surface area (Å²) in [4.78, 5) is 13.9. The van der Waals surface area contributed by atoms with Gasteiger partial charge in [0, 0.05) is 30.7 Å². The van der Waals surface area contributed by atoms with E-state index >= 15 is 0 Å². The van der Waals surface area contributed by atoms with Crippen LogP contribution in [-0.4, -0.2) is 17.9 Å². The summed E-state index contributed by atoms with van der Waals surface area (Å²) < 4.78 is 0. The number of carbonyl (C=O) groups excluding carboxylic acids is 1. The summed E-state index contributed by atoms with van der Waals surface area (Å²) in [5, 5.41) is 0.688. The molecule has 0 aliphatic rings. The molecule has 0 radical (unpaired) electrons. The highest BCUT2D eigenvalue weighted by Crippen LogP contribution is 2.13. The minimum absolute atomic E-state index is 0.109. The number of rotatable bonds is 5. The number of hydrogen-bond acceptors (Lipinski definition) is 2. The highest BCUT2D eigenvalue weighted by molar-refractivity contribution is 6.30. The van der Waals surface area contributed by atoms with E-state index in [0.717, 1.165) is 16.8 Å². The molecule has 2 rings (SSSR count). The molecule has 0 saturated heterocycles. The number of hydrogen-bond donors (Lipinski definition) is 1. The fourth-order valence-corrected chi connectivity index (χ4v) is 2.40. The maximum absolute atomic E-state index is 12.2. The molecule has 0 aliphatic carbocycles. The Balaban J connectivity index is 1.88. The number of carbonyl (C=O) groups is 1. The lowest BCUT2D eigenvalue weighted by molar-refractivity contribution is -0.130. The Morgan fingerprint density at radius 2 is 1.86 bits per heavy atom. The first-order valence-electron chi connectivity index (χ1n) is 6.87. The first-order chi connectivity index (χ1) is 10.0. The van der Waals surface area contributed by atoms with Crippen LogP contribution in [0.5, 0.6) is 0 Å². The van der Waals surface area contributed by atoms with Gasteiger partial charge in [-0.2, -0.15) is 0 Å². The average Bonchev–Trinajstić information content (AvgIpc) is 2.45. The number of aryl methyl sites for hydroxylation is 1. The van der Waals surface area contributed by atoms with Gasteiger partial charge in [-0.05, 0) is 41.8 Å². The molecule has 2 aromatic rings. The van der Waals surface area contributed by atoms with Gasteiger partial charge in [-0.1, -0.05) is 35.9 Å². The lowest BCUT2D eigenvalue weighted by Gasteiger charge is -2.17. The molecular weight excluding hydrogens is 284 g/mol. The monoisotopic (exact) mass is 302 g/mol. The predicted molar refractivity (Wildman–Crippen MR) is 87.1 cm³/mol. The third kappa shape index (κ3) is 4.80. The molecule has 110 valence electrons. The minimum atomic E-state index is 0.109. The molecule has 2 N–H and O–H groups in total. The molecule has 1 amide bonds. The minimum Gasteiger partial charge on any atom is -0.399 e. The number of nitrogens with two attached hydrogens (primary N) is 1. The molecule has 0 aliphatic heterocycles. The van der Waals surface area contributed by atoms with Gasteiger partial charge in [-0.15, -0.1) is 0 Å². The first kappa shape index (κ1) is 15.4. The molecule has 0 saturated carbocycles. The van der Waals surface area contributed by atoms with E-state index in [2.05, 4.69) is 0 Å². The third-order valence-electron chi connectivity index (χ3n) is 3.31. The van der Waals surface area contributed by atoms with Gasteiger partial charge in [0.2, 0.25) is 5.91 Å². The summed E-state index contributed by atoms with van der Waals surface area (Å²) in [6.07, 6.45) is 1.17. The molecule has 0 bridgehead atoms. The number of benzene rings is 2. The molecule has 0 heterocycles. The van der Waals surface area contributed by atoms with Crippen LogP contribution < -0.4 is 5.73 Å². The van der Waals surface area contributed by atoms with E-state index in [4.69, 9.17) is 17.3 Å². The molecule has 3 nitrogen and oxygen atoms in total. The summed E-state index contributed by atoms with van der Waals surface area (Å²) >= 11 is 5.95. The largest absolute Gasteiger partial charge is 0.399 e. The molecule has 21 heavy (non-hydrogen) atoms. The molecule has 0 unspecified atom stereocenters. The van der Waals surface area contributed by atoms with Gasteiger partial charge in [0.25, 0.3) is 0 Å². The van der Waals surface area contributed by atoms with E-state index in [1.165, 1.54) is 0 Å². The second kappa shape index (κ2) is 7.14. The second-order valence-electron chi connectivity index (χ2n) is 5.12. The van der Waals surface area contributed by atoms with Gasteiger partial charge in [0.1, 0.15) is 0 Å². The van der Waals surface area contributed by atoms with E-state index in [0.29, 0.717) is 24.4 Å². The van der Waals surface area contributed by atoms with Gasteiger partial charge >= 0.3 is 0 Å². The van der Waals surface area contributed by atoms with Crippen LogP contribution in [0.2, 0.25) is 5.02 Å². The molecular formula is C17H19ClN2O. The number of anilines is 1. The standard InChI is InChI=1S/C17H19ClN2O/c1-20(12-14-5-2-6-15(18)10-14)17(21)9-8-13-4-3-7-16(19)11-13/h2-7,10-11H,8-9,12,19H2,1H3. The van der Waals surface area contributed by atoms with E-state index < -0.39 is 0 Å². The quantitative estimate of drug-likeness (QED) is 0.859. The zero-order valence-electron chi connectivity index (χ0n) is 12.1.